The van der Waals surface area contributed by atoms with E-state index in [2.05, 4.69) is 10.4 Å². The van der Waals surface area contributed by atoms with Crippen molar-refractivity contribution in [1.29, 1.82) is 0 Å². The van der Waals surface area contributed by atoms with E-state index in [1.54, 1.807) is 41.9 Å². The molecule has 6 heteroatoms. The summed E-state index contributed by atoms with van der Waals surface area (Å²) in [5, 5.41) is 6.96. The third-order valence-electron chi connectivity index (χ3n) is 3.50. The third kappa shape index (κ3) is 2.91. The maximum absolute atomic E-state index is 12.3. The normalized spacial score (nSPS) is 10.5. The van der Waals surface area contributed by atoms with E-state index in [0.717, 1.165) is 11.1 Å². The fourth-order valence-corrected chi connectivity index (χ4v) is 2.27. The second kappa shape index (κ2) is 5.92. The molecular weight excluding hydrogens is 294 g/mol. The summed E-state index contributed by atoms with van der Waals surface area (Å²) < 4.78 is 6.36. The van der Waals surface area contributed by atoms with E-state index in [9.17, 15) is 9.59 Å². The molecule has 2 heterocycles. The van der Waals surface area contributed by atoms with E-state index in [0.29, 0.717) is 16.9 Å². The molecule has 116 valence electrons. The highest BCUT2D eigenvalue weighted by Gasteiger charge is 2.14. The summed E-state index contributed by atoms with van der Waals surface area (Å²) in [4.78, 5) is 24.0. The molecule has 0 fully saturated rings. The number of ether oxygens (including phenoxy) is 1. The molecule has 0 aliphatic rings. The summed E-state index contributed by atoms with van der Waals surface area (Å²) in [6.07, 6.45) is 1.77. The number of hydrogen-bond donors (Lipinski definition) is 1. The molecule has 2 aromatic heterocycles. The number of pyridine rings is 1. The van der Waals surface area contributed by atoms with Gasteiger partial charge in [-0.2, -0.15) is 5.10 Å². The Morgan fingerprint density at radius 2 is 2.00 bits per heavy atom. The predicted molar refractivity (Wildman–Crippen MR) is 85.7 cm³/mol. The smallest absolute Gasteiger partial charge is 0.338 e. The second-order valence-corrected chi connectivity index (χ2v) is 5.08. The first-order valence-corrected chi connectivity index (χ1v) is 7.03. The first-order valence-electron chi connectivity index (χ1n) is 7.03. The average molecular weight is 309 g/mol. The summed E-state index contributed by atoms with van der Waals surface area (Å²) in [7, 11) is 1.32. The van der Waals surface area contributed by atoms with Crippen LogP contribution in [0.3, 0.4) is 0 Å². The van der Waals surface area contributed by atoms with Crippen molar-refractivity contribution in [3.8, 4) is 0 Å². The Morgan fingerprint density at radius 3 is 2.74 bits per heavy atom. The number of carbonyl (C=O) groups excluding carboxylic acids is 2. The number of esters is 1. The van der Waals surface area contributed by atoms with Crippen LogP contribution in [0.5, 0.6) is 0 Å². The number of nitrogens with one attached hydrogen (secondary N) is 1. The molecule has 0 aliphatic carbocycles. The SMILES string of the molecule is COC(=O)c1cc(NC(=O)c2cc3ccccn3n2)ccc1C. The van der Waals surface area contributed by atoms with Crippen LogP contribution < -0.4 is 5.32 Å². The first-order chi connectivity index (χ1) is 11.1. The molecule has 0 bridgehead atoms. The highest BCUT2D eigenvalue weighted by Crippen LogP contribution is 2.17. The van der Waals surface area contributed by atoms with Crippen LogP contribution in [0.4, 0.5) is 5.69 Å². The van der Waals surface area contributed by atoms with Gasteiger partial charge < -0.3 is 10.1 Å². The van der Waals surface area contributed by atoms with Gasteiger partial charge in [0.25, 0.3) is 5.91 Å². The van der Waals surface area contributed by atoms with Crippen molar-refractivity contribution in [2.75, 3.05) is 12.4 Å². The molecule has 0 saturated carbocycles. The van der Waals surface area contributed by atoms with Crippen LogP contribution in [0.25, 0.3) is 5.52 Å². The Balaban J connectivity index is 1.86. The minimum Gasteiger partial charge on any atom is -0.465 e. The standard InChI is InChI=1S/C17H15N3O3/c1-11-6-7-12(9-14(11)17(22)23-2)18-16(21)15-10-13-5-3-4-8-20(13)19-15/h3-10H,1-2H3,(H,18,21). The molecule has 0 saturated heterocycles. The molecule has 0 aliphatic heterocycles. The zero-order valence-electron chi connectivity index (χ0n) is 12.7. The quantitative estimate of drug-likeness (QED) is 0.755. The molecular formula is C17H15N3O3. The molecule has 6 nitrogen and oxygen atoms in total. The fourth-order valence-electron chi connectivity index (χ4n) is 2.27. The van der Waals surface area contributed by atoms with Gasteiger partial charge in [-0.3, -0.25) is 4.79 Å². The lowest BCUT2D eigenvalue weighted by molar-refractivity contribution is 0.0599. The number of amides is 1. The van der Waals surface area contributed by atoms with Crippen molar-refractivity contribution in [3.63, 3.8) is 0 Å². The van der Waals surface area contributed by atoms with Gasteiger partial charge in [-0.1, -0.05) is 12.1 Å². The van der Waals surface area contributed by atoms with Gasteiger partial charge in [0, 0.05) is 11.9 Å². The summed E-state index contributed by atoms with van der Waals surface area (Å²) in [6.45, 7) is 1.81. The largest absolute Gasteiger partial charge is 0.465 e. The number of aryl methyl sites for hydroxylation is 1. The number of aromatic nitrogens is 2. The van der Waals surface area contributed by atoms with Crippen molar-refractivity contribution < 1.29 is 14.3 Å². The highest BCUT2D eigenvalue weighted by molar-refractivity contribution is 6.04. The number of nitrogens with zero attached hydrogens (tertiary/aromatic N) is 2. The Kier molecular flexibility index (Phi) is 3.80. The number of anilines is 1. The molecule has 23 heavy (non-hydrogen) atoms. The summed E-state index contributed by atoms with van der Waals surface area (Å²) in [6, 6.07) is 12.4. The molecule has 0 atom stereocenters. The van der Waals surface area contributed by atoms with E-state index < -0.39 is 5.97 Å². The Labute approximate surface area is 132 Å². The summed E-state index contributed by atoms with van der Waals surface area (Å²) in [5.41, 5.74) is 2.84. The monoisotopic (exact) mass is 309 g/mol. The molecule has 0 spiro atoms. The highest BCUT2D eigenvalue weighted by atomic mass is 16.5. The molecule has 1 N–H and O–H groups in total. The number of methoxy groups -OCH3 is 1. The number of hydrogen-bond acceptors (Lipinski definition) is 4. The van der Waals surface area contributed by atoms with Crippen LogP contribution in [-0.4, -0.2) is 28.6 Å². The van der Waals surface area contributed by atoms with Gasteiger partial charge in [0.2, 0.25) is 0 Å². The third-order valence-corrected chi connectivity index (χ3v) is 3.50. The Morgan fingerprint density at radius 1 is 1.17 bits per heavy atom. The van der Waals surface area contributed by atoms with Crippen molar-refractivity contribution in [1.82, 2.24) is 9.61 Å². The van der Waals surface area contributed by atoms with Gasteiger partial charge in [0.15, 0.2) is 5.69 Å². The van der Waals surface area contributed by atoms with E-state index in [1.807, 2.05) is 18.2 Å². The lowest BCUT2D eigenvalue weighted by atomic mass is 10.1. The summed E-state index contributed by atoms with van der Waals surface area (Å²) >= 11 is 0. The van der Waals surface area contributed by atoms with Crippen molar-refractivity contribution in [2.45, 2.75) is 6.92 Å². The van der Waals surface area contributed by atoms with Crippen LogP contribution in [0.1, 0.15) is 26.4 Å². The molecule has 1 aromatic carbocycles. The lowest BCUT2D eigenvalue weighted by Crippen LogP contribution is -2.13. The molecule has 1 amide bonds. The van der Waals surface area contributed by atoms with Crippen LogP contribution in [0.2, 0.25) is 0 Å². The average Bonchev–Trinajstić information content (AvgIpc) is 3.00. The minimum absolute atomic E-state index is 0.302. The summed E-state index contributed by atoms with van der Waals surface area (Å²) in [5.74, 6) is -0.778. The van der Waals surface area contributed by atoms with Gasteiger partial charge >= 0.3 is 5.97 Å². The number of benzene rings is 1. The number of rotatable bonds is 3. The minimum atomic E-state index is -0.439. The predicted octanol–water partition coefficient (Wildman–Crippen LogP) is 2.68. The van der Waals surface area contributed by atoms with Crippen LogP contribution >= 0.6 is 0 Å². The number of fused-ring (bicyclic) bond motifs is 1. The van der Waals surface area contributed by atoms with Crippen molar-refractivity contribution >= 4 is 23.1 Å². The first kappa shape index (κ1) is 14.8. The van der Waals surface area contributed by atoms with E-state index >= 15 is 0 Å². The lowest BCUT2D eigenvalue weighted by Gasteiger charge is -2.08. The van der Waals surface area contributed by atoms with Crippen LogP contribution in [0, 0.1) is 6.92 Å². The molecule has 3 rings (SSSR count). The van der Waals surface area contributed by atoms with Gasteiger partial charge in [0.1, 0.15) is 0 Å². The molecule has 0 radical (unpaired) electrons. The van der Waals surface area contributed by atoms with Crippen LogP contribution in [0.15, 0.2) is 48.7 Å². The van der Waals surface area contributed by atoms with E-state index in [-0.39, 0.29) is 5.91 Å². The zero-order chi connectivity index (χ0) is 16.4. The molecule has 0 unspecified atom stereocenters. The maximum Gasteiger partial charge on any atom is 0.338 e. The van der Waals surface area contributed by atoms with Crippen molar-refractivity contribution in [3.05, 3.63) is 65.5 Å². The van der Waals surface area contributed by atoms with Gasteiger partial charge in [-0.25, -0.2) is 9.31 Å². The zero-order valence-corrected chi connectivity index (χ0v) is 12.7. The number of carbonyl (C=O) groups is 2. The van der Waals surface area contributed by atoms with E-state index in [4.69, 9.17) is 4.74 Å². The topological polar surface area (TPSA) is 72.7 Å². The van der Waals surface area contributed by atoms with Crippen LogP contribution in [-0.2, 0) is 4.74 Å². The van der Waals surface area contributed by atoms with Crippen molar-refractivity contribution in [2.24, 2.45) is 0 Å². The Hall–Kier alpha value is -3.15. The molecule has 3 aromatic rings. The van der Waals surface area contributed by atoms with Gasteiger partial charge in [-0.15, -0.1) is 0 Å². The Bertz CT molecular complexity index is 866. The van der Waals surface area contributed by atoms with Gasteiger partial charge in [0.05, 0.1) is 18.2 Å². The van der Waals surface area contributed by atoms with Gasteiger partial charge in [-0.05, 0) is 42.8 Å². The van der Waals surface area contributed by atoms with E-state index in [1.165, 1.54) is 7.11 Å². The maximum atomic E-state index is 12.3. The second-order valence-electron chi connectivity index (χ2n) is 5.08. The fraction of sp³-hybridized carbons (Fsp3) is 0.118.